The topological polar surface area (TPSA) is 54.5 Å². The normalized spacial score (nSPS) is 16.8. The van der Waals surface area contributed by atoms with E-state index in [9.17, 15) is 4.79 Å². The highest BCUT2D eigenvalue weighted by atomic mass is 16.5. The first-order chi connectivity index (χ1) is 15.3. The van der Waals surface area contributed by atoms with Crippen molar-refractivity contribution < 1.29 is 9.53 Å². The molecule has 0 saturated carbocycles. The van der Waals surface area contributed by atoms with Gasteiger partial charge in [0.2, 0.25) is 5.91 Å². The van der Waals surface area contributed by atoms with Gasteiger partial charge >= 0.3 is 0 Å². The lowest BCUT2D eigenvalue weighted by molar-refractivity contribution is -0.121. The van der Waals surface area contributed by atoms with Gasteiger partial charge in [-0.3, -0.25) is 14.7 Å². The van der Waals surface area contributed by atoms with Crippen molar-refractivity contribution in [3.63, 3.8) is 0 Å². The molecule has 1 saturated heterocycles. The average Bonchev–Trinajstić information content (AvgIpc) is 2.82. The molecule has 1 fully saturated rings. The van der Waals surface area contributed by atoms with Crippen LogP contribution in [0.1, 0.15) is 18.4 Å². The number of anilines is 1. The van der Waals surface area contributed by atoms with Crippen LogP contribution in [-0.2, 0) is 4.79 Å². The molecule has 4 rings (SSSR count). The van der Waals surface area contributed by atoms with E-state index in [1.807, 2.05) is 54.6 Å². The van der Waals surface area contributed by atoms with Gasteiger partial charge in [0.1, 0.15) is 5.75 Å². The first-order valence-corrected chi connectivity index (χ1v) is 10.7. The summed E-state index contributed by atoms with van der Waals surface area (Å²) in [5.41, 5.74) is 1.87. The maximum Gasteiger partial charge on any atom is 0.228 e. The Balaban J connectivity index is 1.35. The van der Waals surface area contributed by atoms with Crippen molar-refractivity contribution in [1.29, 1.82) is 0 Å². The molecule has 31 heavy (non-hydrogen) atoms. The van der Waals surface area contributed by atoms with Gasteiger partial charge in [0, 0.05) is 19.3 Å². The second-order valence-electron chi connectivity index (χ2n) is 7.69. The fourth-order valence-electron chi connectivity index (χ4n) is 3.77. The molecule has 3 aromatic rings. The van der Waals surface area contributed by atoms with Crippen molar-refractivity contribution in [2.24, 2.45) is 5.92 Å². The number of nitrogens with one attached hydrogen (secondary N) is 1. The summed E-state index contributed by atoms with van der Waals surface area (Å²) in [5.74, 6) is 1.25. The zero-order valence-electron chi connectivity index (χ0n) is 17.5. The third-order valence-electron chi connectivity index (χ3n) is 5.36. The molecular weight excluding hydrogens is 386 g/mol. The van der Waals surface area contributed by atoms with Crippen LogP contribution in [0, 0.1) is 5.92 Å². The van der Waals surface area contributed by atoms with Crippen molar-refractivity contribution in [2.45, 2.75) is 12.8 Å². The summed E-state index contributed by atoms with van der Waals surface area (Å²) in [6, 6.07) is 21.4. The molecule has 1 amide bonds. The molecule has 1 atom stereocenters. The van der Waals surface area contributed by atoms with E-state index in [4.69, 9.17) is 4.74 Å². The molecule has 158 valence electrons. The molecule has 1 unspecified atom stereocenters. The Morgan fingerprint density at radius 2 is 1.94 bits per heavy atom. The number of amides is 1. The molecular formula is C26H27N3O2. The number of carbonyl (C=O) groups excluding carboxylic acids is 1. The van der Waals surface area contributed by atoms with Crippen molar-refractivity contribution in [1.82, 2.24) is 9.88 Å². The summed E-state index contributed by atoms with van der Waals surface area (Å²) >= 11 is 0. The Morgan fingerprint density at radius 1 is 1.10 bits per heavy atom. The van der Waals surface area contributed by atoms with Crippen molar-refractivity contribution >= 4 is 17.7 Å². The lowest BCUT2D eigenvalue weighted by Crippen LogP contribution is -2.40. The van der Waals surface area contributed by atoms with Crippen molar-refractivity contribution in [3.05, 3.63) is 90.8 Å². The summed E-state index contributed by atoms with van der Waals surface area (Å²) < 4.78 is 5.92. The Kier molecular flexibility index (Phi) is 7.08. The van der Waals surface area contributed by atoms with Gasteiger partial charge in [-0.2, -0.15) is 0 Å². The smallest absolute Gasteiger partial charge is 0.228 e. The Morgan fingerprint density at radius 3 is 2.77 bits per heavy atom. The van der Waals surface area contributed by atoms with E-state index in [0.29, 0.717) is 17.2 Å². The minimum absolute atomic E-state index is 0.0367. The summed E-state index contributed by atoms with van der Waals surface area (Å²) in [7, 11) is 0. The number of pyridine rings is 1. The predicted octanol–water partition coefficient (Wildman–Crippen LogP) is 5.24. The first kappa shape index (κ1) is 20.8. The number of nitrogens with zero attached hydrogens (tertiary/aromatic N) is 2. The van der Waals surface area contributed by atoms with Gasteiger partial charge in [0.25, 0.3) is 0 Å². The highest BCUT2D eigenvalue weighted by Gasteiger charge is 2.25. The summed E-state index contributed by atoms with van der Waals surface area (Å²) in [6.07, 6.45) is 9.58. The summed E-state index contributed by atoms with van der Waals surface area (Å²) in [5, 5.41) is 3.07. The fourth-order valence-corrected chi connectivity index (χ4v) is 3.77. The molecule has 1 aromatic heterocycles. The number of ether oxygens (including phenoxy) is 1. The molecule has 2 heterocycles. The van der Waals surface area contributed by atoms with Gasteiger partial charge in [0.15, 0.2) is 5.75 Å². The molecule has 1 aliphatic rings. The minimum atomic E-state index is -0.0367. The number of benzene rings is 2. The average molecular weight is 414 g/mol. The zero-order chi connectivity index (χ0) is 21.3. The van der Waals surface area contributed by atoms with Crippen LogP contribution >= 0.6 is 0 Å². The van der Waals surface area contributed by atoms with Crippen LogP contribution in [0.3, 0.4) is 0 Å². The van der Waals surface area contributed by atoms with E-state index < -0.39 is 0 Å². The monoisotopic (exact) mass is 413 g/mol. The quantitative estimate of drug-likeness (QED) is 0.576. The molecule has 5 heteroatoms. The largest absolute Gasteiger partial charge is 0.454 e. The van der Waals surface area contributed by atoms with Crippen LogP contribution in [0.4, 0.5) is 5.69 Å². The molecule has 5 nitrogen and oxygen atoms in total. The van der Waals surface area contributed by atoms with Gasteiger partial charge < -0.3 is 10.1 Å². The highest BCUT2D eigenvalue weighted by molar-refractivity contribution is 5.94. The lowest BCUT2D eigenvalue weighted by atomic mass is 9.97. The molecule has 0 radical (unpaired) electrons. The fraction of sp³-hybridized carbons (Fsp3) is 0.231. The molecule has 0 spiro atoms. The second-order valence-corrected chi connectivity index (χ2v) is 7.69. The Bertz CT molecular complexity index is 1010. The third-order valence-corrected chi connectivity index (χ3v) is 5.36. The maximum atomic E-state index is 13.0. The van der Waals surface area contributed by atoms with Gasteiger partial charge in [-0.15, -0.1) is 0 Å². The van der Waals surface area contributed by atoms with E-state index >= 15 is 0 Å². The van der Waals surface area contributed by atoms with Crippen LogP contribution in [0.5, 0.6) is 11.5 Å². The third kappa shape index (κ3) is 6.03. The van der Waals surface area contributed by atoms with Crippen LogP contribution < -0.4 is 10.1 Å². The number of carbonyl (C=O) groups is 1. The predicted molar refractivity (Wildman–Crippen MR) is 124 cm³/mol. The van der Waals surface area contributed by atoms with E-state index in [1.165, 1.54) is 5.56 Å². The van der Waals surface area contributed by atoms with Crippen LogP contribution in [0.25, 0.3) is 6.08 Å². The van der Waals surface area contributed by atoms with Crippen LogP contribution in [-0.4, -0.2) is 35.4 Å². The maximum absolute atomic E-state index is 13.0. The number of para-hydroxylation sites is 2. The molecule has 2 aromatic carbocycles. The van der Waals surface area contributed by atoms with Crippen LogP contribution in [0.2, 0.25) is 0 Å². The van der Waals surface area contributed by atoms with Crippen LogP contribution in [0.15, 0.2) is 85.2 Å². The number of rotatable bonds is 7. The molecule has 0 aliphatic carbocycles. The summed E-state index contributed by atoms with van der Waals surface area (Å²) in [6.45, 7) is 2.62. The van der Waals surface area contributed by atoms with E-state index in [0.717, 1.165) is 32.5 Å². The van der Waals surface area contributed by atoms with Gasteiger partial charge in [0.05, 0.1) is 17.8 Å². The van der Waals surface area contributed by atoms with E-state index in [1.54, 1.807) is 12.4 Å². The molecule has 0 bridgehead atoms. The van der Waals surface area contributed by atoms with Gasteiger partial charge in [-0.05, 0) is 49.2 Å². The number of likely N-dealkylation sites (tertiary alicyclic amines) is 1. The molecule has 1 aliphatic heterocycles. The highest BCUT2D eigenvalue weighted by Crippen LogP contribution is 2.30. The zero-order valence-corrected chi connectivity index (χ0v) is 17.5. The van der Waals surface area contributed by atoms with Crippen molar-refractivity contribution in [3.8, 4) is 11.5 Å². The standard InChI is InChI=1S/C26H27N3O2/c30-26(28-24-14-4-5-15-25(24)31-23-13-6-16-27-19-23)22-12-8-18-29(20-22)17-7-11-21-9-2-1-3-10-21/h1-7,9-11,13-16,19,22H,8,12,17-18,20H2,(H,28,30)/b11-7+. The van der Waals surface area contributed by atoms with Gasteiger partial charge in [-0.25, -0.2) is 0 Å². The minimum Gasteiger partial charge on any atom is -0.454 e. The number of hydrogen-bond acceptors (Lipinski definition) is 4. The van der Waals surface area contributed by atoms with E-state index in [2.05, 4.69) is 39.5 Å². The van der Waals surface area contributed by atoms with Crippen molar-refractivity contribution in [2.75, 3.05) is 25.0 Å². The Hall–Kier alpha value is -3.44. The summed E-state index contributed by atoms with van der Waals surface area (Å²) in [4.78, 5) is 19.4. The number of piperidine rings is 1. The SMILES string of the molecule is O=C(Nc1ccccc1Oc1cccnc1)C1CCCN(C/C=C/c2ccccc2)C1. The second kappa shape index (κ2) is 10.5. The van der Waals surface area contributed by atoms with E-state index in [-0.39, 0.29) is 11.8 Å². The Labute approximate surface area is 183 Å². The number of hydrogen-bond donors (Lipinski definition) is 1. The first-order valence-electron chi connectivity index (χ1n) is 10.7. The lowest BCUT2D eigenvalue weighted by Gasteiger charge is -2.31. The number of aromatic nitrogens is 1. The molecule has 1 N–H and O–H groups in total. The van der Waals surface area contributed by atoms with Gasteiger partial charge in [-0.1, -0.05) is 54.6 Å².